The van der Waals surface area contributed by atoms with Gasteiger partial charge >= 0.3 is 0 Å². The molecule has 0 fully saturated rings. The van der Waals surface area contributed by atoms with Crippen molar-refractivity contribution in [2.45, 2.75) is 25.8 Å². The minimum Gasteiger partial charge on any atom is -0.410 e. The standard InChI is InChI=1S/C13H17N3O/c1-13(2)9-11(14-16(13)3)12(15-17)10-7-5-4-6-8-10/h4-8,17H,9H2,1-3H3/b15-12-. The molecule has 0 saturated heterocycles. The topological polar surface area (TPSA) is 48.2 Å². The van der Waals surface area contributed by atoms with Gasteiger partial charge in [0.25, 0.3) is 0 Å². The van der Waals surface area contributed by atoms with E-state index in [4.69, 9.17) is 0 Å². The molecule has 0 aliphatic carbocycles. The van der Waals surface area contributed by atoms with Crippen LogP contribution in [-0.4, -0.2) is 34.2 Å². The zero-order chi connectivity index (χ0) is 12.5. The zero-order valence-electron chi connectivity index (χ0n) is 10.4. The lowest BCUT2D eigenvalue weighted by atomic mass is 9.94. The van der Waals surface area contributed by atoms with E-state index in [0.29, 0.717) is 5.71 Å². The van der Waals surface area contributed by atoms with Crippen LogP contribution in [0.1, 0.15) is 25.8 Å². The highest BCUT2D eigenvalue weighted by Gasteiger charge is 2.33. The molecule has 90 valence electrons. The van der Waals surface area contributed by atoms with Gasteiger partial charge in [-0.05, 0) is 13.8 Å². The Balaban J connectivity index is 2.32. The van der Waals surface area contributed by atoms with Crippen LogP contribution in [0.15, 0.2) is 40.6 Å². The fourth-order valence-electron chi connectivity index (χ4n) is 1.89. The minimum absolute atomic E-state index is 0.0277. The summed E-state index contributed by atoms with van der Waals surface area (Å²) in [5, 5.41) is 18.9. The Morgan fingerprint density at radius 2 is 2.00 bits per heavy atom. The molecule has 4 nitrogen and oxygen atoms in total. The summed E-state index contributed by atoms with van der Waals surface area (Å²) < 4.78 is 0. The predicted molar refractivity (Wildman–Crippen MR) is 68.7 cm³/mol. The molecule has 0 amide bonds. The van der Waals surface area contributed by atoms with E-state index >= 15 is 0 Å². The van der Waals surface area contributed by atoms with E-state index in [0.717, 1.165) is 17.7 Å². The molecule has 0 atom stereocenters. The van der Waals surface area contributed by atoms with E-state index in [1.165, 1.54) is 0 Å². The molecule has 0 aromatic heterocycles. The van der Waals surface area contributed by atoms with E-state index in [9.17, 15) is 5.21 Å². The van der Waals surface area contributed by atoms with Crippen molar-refractivity contribution in [2.75, 3.05) is 7.05 Å². The zero-order valence-corrected chi connectivity index (χ0v) is 10.4. The van der Waals surface area contributed by atoms with Crippen molar-refractivity contribution in [1.29, 1.82) is 0 Å². The molecule has 0 spiro atoms. The molecule has 1 aromatic carbocycles. The van der Waals surface area contributed by atoms with Gasteiger partial charge in [0.15, 0.2) is 0 Å². The fraction of sp³-hybridized carbons (Fsp3) is 0.385. The van der Waals surface area contributed by atoms with E-state index in [2.05, 4.69) is 24.1 Å². The number of nitrogens with zero attached hydrogens (tertiary/aromatic N) is 3. The molecule has 0 bridgehead atoms. The van der Waals surface area contributed by atoms with Gasteiger partial charge in [0.05, 0.1) is 11.3 Å². The predicted octanol–water partition coefficient (Wildman–Crippen LogP) is 2.33. The second-order valence-electron chi connectivity index (χ2n) is 4.87. The highest BCUT2D eigenvalue weighted by Crippen LogP contribution is 2.26. The molecule has 0 saturated carbocycles. The van der Waals surface area contributed by atoms with Crippen LogP contribution in [0, 0.1) is 0 Å². The van der Waals surface area contributed by atoms with Gasteiger partial charge in [-0.3, -0.25) is 5.01 Å². The highest BCUT2D eigenvalue weighted by molar-refractivity contribution is 6.48. The van der Waals surface area contributed by atoms with Crippen LogP contribution < -0.4 is 0 Å². The van der Waals surface area contributed by atoms with Crippen molar-refractivity contribution in [3.05, 3.63) is 35.9 Å². The average molecular weight is 231 g/mol. The third-order valence-electron chi connectivity index (χ3n) is 3.17. The third kappa shape index (κ3) is 2.16. The minimum atomic E-state index is -0.0277. The van der Waals surface area contributed by atoms with Gasteiger partial charge < -0.3 is 5.21 Å². The Kier molecular flexibility index (Phi) is 2.88. The summed E-state index contributed by atoms with van der Waals surface area (Å²) in [4.78, 5) is 0. The highest BCUT2D eigenvalue weighted by atomic mass is 16.4. The number of hydrogen-bond acceptors (Lipinski definition) is 4. The first-order valence-electron chi connectivity index (χ1n) is 5.64. The normalized spacial score (nSPS) is 19.4. The van der Waals surface area contributed by atoms with Crippen LogP contribution in [0.4, 0.5) is 0 Å². The first-order chi connectivity index (χ1) is 8.04. The van der Waals surface area contributed by atoms with Crippen molar-refractivity contribution in [1.82, 2.24) is 5.01 Å². The van der Waals surface area contributed by atoms with Crippen LogP contribution in [0.5, 0.6) is 0 Å². The molecule has 17 heavy (non-hydrogen) atoms. The monoisotopic (exact) mass is 231 g/mol. The Morgan fingerprint density at radius 3 is 2.47 bits per heavy atom. The number of oxime groups is 1. The summed E-state index contributed by atoms with van der Waals surface area (Å²) in [7, 11) is 1.94. The van der Waals surface area contributed by atoms with Gasteiger partial charge in [-0.1, -0.05) is 35.5 Å². The Morgan fingerprint density at radius 1 is 1.35 bits per heavy atom. The largest absolute Gasteiger partial charge is 0.410 e. The molecule has 1 N–H and O–H groups in total. The quantitative estimate of drug-likeness (QED) is 0.482. The van der Waals surface area contributed by atoms with Crippen LogP contribution >= 0.6 is 0 Å². The summed E-state index contributed by atoms with van der Waals surface area (Å²) >= 11 is 0. The molecule has 0 unspecified atom stereocenters. The van der Waals surface area contributed by atoms with Crippen molar-refractivity contribution in [3.8, 4) is 0 Å². The second kappa shape index (κ2) is 4.20. The van der Waals surface area contributed by atoms with Gasteiger partial charge in [0.2, 0.25) is 0 Å². The van der Waals surface area contributed by atoms with E-state index in [1.54, 1.807) is 0 Å². The Bertz CT molecular complexity index is 463. The lowest BCUT2D eigenvalue weighted by Gasteiger charge is -2.26. The molecule has 2 rings (SSSR count). The van der Waals surface area contributed by atoms with E-state index < -0.39 is 0 Å². The molecule has 0 radical (unpaired) electrons. The molecular weight excluding hydrogens is 214 g/mol. The van der Waals surface area contributed by atoms with E-state index in [-0.39, 0.29) is 5.54 Å². The van der Waals surface area contributed by atoms with Gasteiger partial charge in [0.1, 0.15) is 5.71 Å². The SMILES string of the molecule is CN1N=C(/C(=N\O)c2ccccc2)CC1(C)C. The van der Waals surface area contributed by atoms with Crippen LogP contribution in [0.3, 0.4) is 0 Å². The maximum absolute atomic E-state index is 9.18. The lowest BCUT2D eigenvalue weighted by molar-refractivity contribution is 0.194. The van der Waals surface area contributed by atoms with Crippen LogP contribution in [0.25, 0.3) is 0 Å². The molecule has 1 aromatic rings. The molecule has 4 heteroatoms. The molecule has 1 aliphatic heterocycles. The van der Waals surface area contributed by atoms with E-state index in [1.807, 2.05) is 42.4 Å². The van der Waals surface area contributed by atoms with Gasteiger partial charge in [-0.15, -0.1) is 0 Å². The summed E-state index contributed by atoms with van der Waals surface area (Å²) in [5.41, 5.74) is 2.24. The van der Waals surface area contributed by atoms with Crippen molar-refractivity contribution in [3.63, 3.8) is 0 Å². The number of benzene rings is 1. The lowest BCUT2D eigenvalue weighted by Crippen LogP contribution is -2.33. The van der Waals surface area contributed by atoms with Gasteiger partial charge in [0, 0.05) is 19.0 Å². The van der Waals surface area contributed by atoms with Crippen molar-refractivity contribution >= 4 is 11.4 Å². The summed E-state index contributed by atoms with van der Waals surface area (Å²) in [6.07, 6.45) is 0.776. The smallest absolute Gasteiger partial charge is 0.133 e. The van der Waals surface area contributed by atoms with Crippen LogP contribution in [-0.2, 0) is 0 Å². The molecule has 1 heterocycles. The second-order valence-corrected chi connectivity index (χ2v) is 4.87. The molecular formula is C13H17N3O. The third-order valence-corrected chi connectivity index (χ3v) is 3.17. The summed E-state index contributed by atoms with van der Waals surface area (Å²) in [6, 6.07) is 9.62. The first-order valence-corrected chi connectivity index (χ1v) is 5.64. The number of rotatable bonds is 2. The number of hydrogen-bond donors (Lipinski definition) is 1. The van der Waals surface area contributed by atoms with Crippen molar-refractivity contribution in [2.24, 2.45) is 10.3 Å². The maximum Gasteiger partial charge on any atom is 0.133 e. The fourth-order valence-corrected chi connectivity index (χ4v) is 1.89. The summed E-state index contributed by atoms with van der Waals surface area (Å²) in [6.45, 7) is 4.23. The van der Waals surface area contributed by atoms with Gasteiger partial charge in [-0.2, -0.15) is 5.10 Å². The average Bonchev–Trinajstić information content (AvgIpc) is 2.56. The van der Waals surface area contributed by atoms with Gasteiger partial charge in [-0.25, -0.2) is 0 Å². The van der Waals surface area contributed by atoms with Crippen molar-refractivity contribution < 1.29 is 5.21 Å². The maximum atomic E-state index is 9.18. The Labute approximate surface area is 101 Å². The van der Waals surface area contributed by atoms with Crippen LogP contribution in [0.2, 0.25) is 0 Å². The Hall–Kier alpha value is -1.84. The molecule has 1 aliphatic rings. The number of hydrazone groups is 1. The summed E-state index contributed by atoms with van der Waals surface area (Å²) in [5.74, 6) is 0. The first kappa shape index (κ1) is 11.6.